The van der Waals surface area contributed by atoms with E-state index in [1.807, 2.05) is 30.3 Å². The number of fused-ring (bicyclic) bond motifs is 3. The number of aryl methyl sites for hydroxylation is 1. The number of nitrogens with one attached hydrogen (secondary N) is 1. The molecular weight excluding hydrogens is 524 g/mol. The van der Waals surface area contributed by atoms with Crippen LogP contribution in [0.25, 0.3) is 21.8 Å². The van der Waals surface area contributed by atoms with Gasteiger partial charge < -0.3 is 14.6 Å². The molecule has 1 aromatic heterocycles. The summed E-state index contributed by atoms with van der Waals surface area (Å²) in [6, 6.07) is 18.7. The average Bonchev–Trinajstić information content (AvgIpc) is 3.29. The molecule has 0 amide bonds. The van der Waals surface area contributed by atoms with Crippen LogP contribution in [-0.4, -0.2) is 35.2 Å². The molecular formula is C36H42N2O4. The van der Waals surface area contributed by atoms with Gasteiger partial charge in [0.1, 0.15) is 5.75 Å². The maximum Gasteiger partial charge on any atom is 0.311 e. The number of hydrogen-bond acceptors (Lipinski definition) is 5. The highest BCUT2D eigenvalue weighted by Gasteiger charge is 2.20. The number of carbonyl (C=O) groups is 3. The molecule has 0 unspecified atom stereocenters. The van der Waals surface area contributed by atoms with Gasteiger partial charge in [0.15, 0.2) is 11.6 Å². The number of Topliss-reactive ketones (excluding diaryl/α,β-unsaturated/α-hetero) is 1. The fourth-order valence-electron chi connectivity index (χ4n) is 5.75. The number of esters is 1. The van der Waals surface area contributed by atoms with Crippen LogP contribution >= 0.6 is 0 Å². The van der Waals surface area contributed by atoms with Gasteiger partial charge in [-0.2, -0.15) is 0 Å². The number of carbonyl (C=O) groups excluding carboxylic acids is 3. The Labute approximate surface area is 248 Å². The number of benzene rings is 3. The molecule has 0 bridgehead atoms. The minimum atomic E-state index is -0.249. The van der Waals surface area contributed by atoms with Crippen LogP contribution in [0.15, 0.2) is 60.7 Å². The molecule has 4 aromatic rings. The first-order chi connectivity index (χ1) is 20.5. The van der Waals surface area contributed by atoms with E-state index in [2.05, 4.69) is 29.8 Å². The van der Waals surface area contributed by atoms with Crippen molar-refractivity contribution in [1.29, 1.82) is 0 Å². The van der Waals surface area contributed by atoms with Crippen molar-refractivity contribution in [2.75, 3.05) is 13.1 Å². The van der Waals surface area contributed by atoms with Gasteiger partial charge in [-0.1, -0.05) is 39.5 Å². The molecule has 6 nitrogen and oxygen atoms in total. The Kier molecular flexibility index (Phi) is 9.85. The summed E-state index contributed by atoms with van der Waals surface area (Å²) in [5.74, 6) is 0.956. The lowest BCUT2D eigenvalue weighted by Gasteiger charge is -2.27. The summed E-state index contributed by atoms with van der Waals surface area (Å²) in [5.41, 5.74) is 4.03. The highest BCUT2D eigenvalue weighted by atomic mass is 16.5. The lowest BCUT2D eigenvalue weighted by atomic mass is 9.99. The second kappa shape index (κ2) is 13.9. The molecule has 0 aliphatic carbocycles. The van der Waals surface area contributed by atoms with Crippen molar-refractivity contribution >= 4 is 39.3 Å². The van der Waals surface area contributed by atoms with Gasteiger partial charge >= 0.3 is 5.97 Å². The summed E-state index contributed by atoms with van der Waals surface area (Å²) in [7, 11) is 0. The Bertz CT molecular complexity index is 1560. The third-order valence-electron chi connectivity index (χ3n) is 8.42. The van der Waals surface area contributed by atoms with E-state index in [1.54, 1.807) is 24.3 Å². The molecule has 0 atom stereocenters. The van der Waals surface area contributed by atoms with Crippen molar-refractivity contribution in [3.63, 3.8) is 0 Å². The highest BCUT2D eigenvalue weighted by molar-refractivity contribution is 6.15. The Morgan fingerprint density at radius 3 is 1.98 bits per heavy atom. The van der Waals surface area contributed by atoms with E-state index in [0.717, 1.165) is 91.9 Å². The normalized spacial score (nSPS) is 13.4. The summed E-state index contributed by atoms with van der Waals surface area (Å²) in [5, 5.41) is 5.36. The van der Waals surface area contributed by atoms with Crippen LogP contribution in [0.3, 0.4) is 0 Å². The minimum Gasteiger partial charge on any atom is -0.427 e. The number of ketones is 2. The van der Waals surface area contributed by atoms with Gasteiger partial charge in [-0.25, -0.2) is 0 Å². The second-order valence-electron chi connectivity index (χ2n) is 11.6. The van der Waals surface area contributed by atoms with Gasteiger partial charge in [0.25, 0.3) is 0 Å². The van der Waals surface area contributed by atoms with Crippen LogP contribution in [0.4, 0.5) is 0 Å². The summed E-state index contributed by atoms with van der Waals surface area (Å²) in [6.45, 7) is 7.25. The van der Waals surface area contributed by atoms with Gasteiger partial charge in [-0.05, 0) is 98.9 Å². The molecule has 0 spiro atoms. The van der Waals surface area contributed by atoms with Gasteiger partial charge in [0.2, 0.25) is 0 Å². The molecule has 1 aliphatic rings. The molecule has 0 radical (unpaired) electrons. The predicted octanol–water partition coefficient (Wildman–Crippen LogP) is 7.88. The van der Waals surface area contributed by atoms with Gasteiger partial charge in [-0.15, -0.1) is 0 Å². The topological polar surface area (TPSA) is 77.4 Å². The van der Waals surface area contributed by atoms with Crippen molar-refractivity contribution in [2.24, 2.45) is 5.92 Å². The molecule has 42 heavy (non-hydrogen) atoms. The summed E-state index contributed by atoms with van der Waals surface area (Å²) < 4.78 is 7.78. The maximum absolute atomic E-state index is 13.5. The molecule has 1 aliphatic heterocycles. The number of nitrogens with zero attached hydrogens (tertiary/aromatic N) is 1. The first kappa shape index (κ1) is 29.7. The number of aromatic nitrogens is 1. The van der Waals surface area contributed by atoms with Gasteiger partial charge in [0.05, 0.1) is 0 Å². The number of unbranched alkanes of at least 4 members (excludes halogenated alkanes) is 4. The minimum absolute atomic E-state index is 0.0917. The van der Waals surface area contributed by atoms with Crippen LogP contribution in [-0.2, 0) is 11.3 Å². The molecule has 5 rings (SSSR count). The lowest BCUT2D eigenvalue weighted by molar-refractivity contribution is -0.134. The van der Waals surface area contributed by atoms with Crippen molar-refractivity contribution < 1.29 is 19.1 Å². The summed E-state index contributed by atoms with van der Waals surface area (Å²) in [4.78, 5) is 38.6. The second-order valence-corrected chi connectivity index (χ2v) is 11.6. The van der Waals surface area contributed by atoms with Crippen LogP contribution in [0.2, 0.25) is 0 Å². The van der Waals surface area contributed by atoms with E-state index in [4.69, 9.17) is 4.74 Å². The van der Waals surface area contributed by atoms with E-state index < -0.39 is 0 Å². The molecule has 3 aromatic carbocycles. The van der Waals surface area contributed by atoms with E-state index in [1.165, 1.54) is 0 Å². The zero-order valence-electron chi connectivity index (χ0n) is 24.9. The average molecular weight is 567 g/mol. The highest BCUT2D eigenvalue weighted by Crippen LogP contribution is 2.33. The molecule has 220 valence electrons. The molecule has 1 N–H and O–H groups in total. The lowest BCUT2D eigenvalue weighted by Crippen LogP contribution is -2.42. The van der Waals surface area contributed by atoms with Crippen molar-refractivity contribution in [3.05, 3.63) is 77.4 Å². The SMILES string of the molecule is CCCCCC(=O)Oc1ccc(C(=O)c2ccc3c(c2)c2cc(C(=O)CCCCC)ccc2n3CCC2CNC2)cc1. The Balaban J connectivity index is 1.42. The van der Waals surface area contributed by atoms with E-state index >= 15 is 0 Å². The van der Waals surface area contributed by atoms with Crippen molar-refractivity contribution in [2.45, 2.75) is 78.2 Å². The first-order valence-corrected chi connectivity index (χ1v) is 15.6. The Hall–Kier alpha value is -3.77. The Morgan fingerprint density at radius 1 is 0.762 bits per heavy atom. The van der Waals surface area contributed by atoms with E-state index in [-0.39, 0.29) is 17.5 Å². The molecule has 0 saturated carbocycles. The van der Waals surface area contributed by atoms with Crippen LogP contribution < -0.4 is 10.1 Å². The smallest absolute Gasteiger partial charge is 0.311 e. The summed E-state index contributed by atoms with van der Waals surface area (Å²) >= 11 is 0. The number of ether oxygens (including phenoxy) is 1. The van der Waals surface area contributed by atoms with E-state index in [0.29, 0.717) is 35.6 Å². The van der Waals surface area contributed by atoms with Gasteiger partial charge in [0, 0.05) is 57.9 Å². The number of rotatable bonds is 15. The number of hydrogen-bond donors (Lipinski definition) is 1. The quantitative estimate of drug-likeness (QED) is 0.0685. The van der Waals surface area contributed by atoms with Crippen LogP contribution in [0.1, 0.15) is 97.9 Å². The largest absolute Gasteiger partial charge is 0.427 e. The molecule has 1 fully saturated rings. The van der Waals surface area contributed by atoms with Crippen molar-refractivity contribution in [3.8, 4) is 5.75 Å². The summed E-state index contributed by atoms with van der Waals surface area (Å²) in [6.07, 6.45) is 7.94. The maximum atomic E-state index is 13.5. The molecule has 1 saturated heterocycles. The van der Waals surface area contributed by atoms with E-state index in [9.17, 15) is 14.4 Å². The van der Waals surface area contributed by atoms with Gasteiger partial charge in [-0.3, -0.25) is 14.4 Å². The third-order valence-corrected chi connectivity index (χ3v) is 8.42. The predicted molar refractivity (Wildman–Crippen MR) is 169 cm³/mol. The fraction of sp³-hybridized carbons (Fsp3) is 0.417. The Morgan fingerprint density at radius 2 is 1.36 bits per heavy atom. The fourth-order valence-corrected chi connectivity index (χ4v) is 5.75. The van der Waals surface area contributed by atoms with Crippen LogP contribution in [0, 0.1) is 5.92 Å². The molecule has 6 heteroatoms. The molecule has 2 heterocycles. The standard InChI is InChI=1S/C36H42N2O4/c1-3-5-7-9-34(39)27-13-17-32-30(21-27)31-22-28(14-18-33(31)38(32)20-19-25-23-37-24-25)36(41)26-11-15-29(16-12-26)42-35(40)10-8-6-4-2/h11-18,21-22,25,37H,3-10,19-20,23-24H2,1-2H3. The monoisotopic (exact) mass is 566 g/mol. The zero-order valence-corrected chi connectivity index (χ0v) is 24.9. The first-order valence-electron chi connectivity index (χ1n) is 15.6. The third kappa shape index (κ3) is 6.81. The zero-order chi connectivity index (χ0) is 29.5. The van der Waals surface area contributed by atoms with Crippen molar-refractivity contribution in [1.82, 2.24) is 9.88 Å². The van der Waals surface area contributed by atoms with Crippen LogP contribution in [0.5, 0.6) is 5.75 Å².